The molecule has 0 unspecified atom stereocenters. The van der Waals surface area contributed by atoms with Gasteiger partial charge in [-0.05, 0) is 47.8 Å². The van der Waals surface area contributed by atoms with Gasteiger partial charge in [0.15, 0.2) is 0 Å². The molecule has 1 N–H and O–H groups in total. The topological polar surface area (TPSA) is 23.9 Å². The minimum atomic E-state index is 0.672. The summed E-state index contributed by atoms with van der Waals surface area (Å²) < 4.78 is 0. The Labute approximate surface area is 95.3 Å². The fourth-order valence-corrected chi connectivity index (χ4v) is 2.33. The van der Waals surface area contributed by atoms with Crippen molar-refractivity contribution in [2.45, 2.75) is 13.8 Å². The van der Waals surface area contributed by atoms with Gasteiger partial charge in [-0.15, -0.1) is 0 Å². The van der Waals surface area contributed by atoms with Crippen molar-refractivity contribution in [3.8, 4) is 0 Å². The first-order chi connectivity index (χ1) is 7.68. The molecule has 0 aliphatic heterocycles. The van der Waals surface area contributed by atoms with Crippen LogP contribution < -0.4 is 0 Å². The Morgan fingerprint density at radius 3 is 2.50 bits per heavy atom. The predicted molar refractivity (Wildman–Crippen MR) is 68.5 cm³/mol. The van der Waals surface area contributed by atoms with Crippen LogP contribution in [0.2, 0.25) is 0 Å². The standard InChI is InChI=1S/C15H13N/c1-9-7-13-12-6-4-3-5-11(12)8-14(13)15(16)10(9)2/h3-8,16H,1-2H3. The number of nitrogens with one attached hydrogen (secondary N) is 1. The van der Waals surface area contributed by atoms with E-state index in [1.807, 2.05) is 13.0 Å². The van der Waals surface area contributed by atoms with E-state index in [4.69, 9.17) is 5.41 Å². The minimum absolute atomic E-state index is 0.672. The van der Waals surface area contributed by atoms with Gasteiger partial charge in [-0.2, -0.15) is 0 Å². The monoisotopic (exact) mass is 207 g/mol. The first-order valence-corrected chi connectivity index (χ1v) is 5.48. The van der Waals surface area contributed by atoms with Crippen LogP contribution in [0.15, 0.2) is 47.1 Å². The highest BCUT2D eigenvalue weighted by molar-refractivity contribution is 6.27. The Bertz CT molecular complexity index is 598. The van der Waals surface area contributed by atoms with E-state index in [1.54, 1.807) is 0 Å². The van der Waals surface area contributed by atoms with Crippen LogP contribution in [0.25, 0.3) is 11.6 Å². The lowest BCUT2D eigenvalue weighted by molar-refractivity contribution is 1.34. The highest BCUT2D eigenvalue weighted by Gasteiger charge is 2.25. The summed E-state index contributed by atoms with van der Waals surface area (Å²) in [5.74, 6) is 0. The molecular weight excluding hydrogens is 194 g/mol. The van der Waals surface area contributed by atoms with Crippen LogP contribution in [0, 0.1) is 5.41 Å². The van der Waals surface area contributed by atoms with Crippen molar-refractivity contribution in [3.05, 3.63) is 58.2 Å². The van der Waals surface area contributed by atoms with E-state index in [0.717, 1.165) is 11.1 Å². The second-order valence-electron chi connectivity index (χ2n) is 4.39. The zero-order valence-electron chi connectivity index (χ0n) is 9.46. The highest BCUT2D eigenvalue weighted by atomic mass is 14.5. The maximum Gasteiger partial charge on any atom is 0.0650 e. The summed E-state index contributed by atoms with van der Waals surface area (Å²) in [4.78, 5) is 0. The van der Waals surface area contributed by atoms with Gasteiger partial charge < -0.3 is 0 Å². The average molecular weight is 207 g/mol. The third-order valence-electron chi connectivity index (χ3n) is 3.44. The van der Waals surface area contributed by atoms with Crippen LogP contribution >= 0.6 is 0 Å². The molecule has 2 aliphatic carbocycles. The van der Waals surface area contributed by atoms with E-state index >= 15 is 0 Å². The summed E-state index contributed by atoms with van der Waals surface area (Å²) in [5.41, 5.74) is 7.74. The lowest BCUT2D eigenvalue weighted by Gasteiger charge is -2.17. The van der Waals surface area contributed by atoms with Crippen LogP contribution in [0.5, 0.6) is 0 Å². The largest absolute Gasteiger partial charge is 0.300 e. The normalized spacial score (nSPS) is 18.0. The van der Waals surface area contributed by atoms with E-state index in [9.17, 15) is 0 Å². The van der Waals surface area contributed by atoms with Gasteiger partial charge >= 0.3 is 0 Å². The van der Waals surface area contributed by atoms with Crippen LogP contribution in [-0.2, 0) is 0 Å². The highest BCUT2D eigenvalue weighted by Crippen LogP contribution is 2.40. The van der Waals surface area contributed by atoms with Crippen molar-refractivity contribution >= 4 is 17.4 Å². The summed E-state index contributed by atoms with van der Waals surface area (Å²) >= 11 is 0. The van der Waals surface area contributed by atoms with Crippen molar-refractivity contribution in [1.82, 2.24) is 0 Å². The second-order valence-corrected chi connectivity index (χ2v) is 4.39. The van der Waals surface area contributed by atoms with Crippen molar-refractivity contribution in [3.63, 3.8) is 0 Å². The second kappa shape index (κ2) is 3.05. The van der Waals surface area contributed by atoms with Gasteiger partial charge in [0.2, 0.25) is 0 Å². The summed E-state index contributed by atoms with van der Waals surface area (Å²) in [7, 11) is 0. The Morgan fingerprint density at radius 2 is 1.69 bits per heavy atom. The van der Waals surface area contributed by atoms with Crippen LogP contribution in [0.4, 0.5) is 0 Å². The molecule has 78 valence electrons. The van der Waals surface area contributed by atoms with Gasteiger partial charge in [-0.25, -0.2) is 0 Å². The molecule has 0 saturated heterocycles. The van der Waals surface area contributed by atoms with E-state index in [0.29, 0.717) is 5.71 Å². The Morgan fingerprint density at radius 1 is 0.938 bits per heavy atom. The molecule has 1 heteroatoms. The molecule has 1 nitrogen and oxygen atoms in total. The van der Waals surface area contributed by atoms with Gasteiger partial charge in [0, 0.05) is 5.57 Å². The van der Waals surface area contributed by atoms with E-state index < -0.39 is 0 Å². The quantitative estimate of drug-likeness (QED) is 0.668. The van der Waals surface area contributed by atoms with Gasteiger partial charge in [-0.1, -0.05) is 30.3 Å². The number of hydrogen-bond acceptors (Lipinski definition) is 1. The molecule has 0 amide bonds. The number of benzene rings is 1. The van der Waals surface area contributed by atoms with Crippen LogP contribution in [-0.4, -0.2) is 5.71 Å². The maximum atomic E-state index is 8.16. The third kappa shape index (κ3) is 1.09. The molecule has 0 fully saturated rings. The molecule has 0 atom stereocenters. The maximum absolute atomic E-state index is 8.16. The molecule has 1 aromatic rings. The van der Waals surface area contributed by atoms with E-state index in [2.05, 4.69) is 37.3 Å². The predicted octanol–water partition coefficient (Wildman–Crippen LogP) is 3.84. The van der Waals surface area contributed by atoms with Crippen molar-refractivity contribution in [2.24, 2.45) is 0 Å². The Kier molecular flexibility index (Phi) is 1.78. The van der Waals surface area contributed by atoms with Crippen LogP contribution in [0.3, 0.4) is 0 Å². The van der Waals surface area contributed by atoms with Gasteiger partial charge in [0.1, 0.15) is 0 Å². The molecule has 0 bridgehead atoms. The van der Waals surface area contributed by atoms with E-state index in [-0.39, 0.29) is 0 Å². The molecule has 0 aromatic heterocycles. The van der Waals surface area contributed by atoms with E-state index in [1.165, 1.54) is 22.3 Å². The number of fused-ring (bicyclic) bond motifs is 3. The van der Waals surface area contributed by atoms with Gasteiger partial charge in [0.05, 0.1) is 5.71 Å². The smallest absolute Gasteiger partial charge is 0.0650 e. The Hall–Kier alpha value is -1.89. The summed E-state index contributed by atoms with van der Waals surface area (Å²) in [6, 6.07) is 8.34. The molecule has 1 aromatic carbocycles. The molecule has 16 heavy (non-hydrogen) atoms. The molecule has 0 spiro atoms. The third-order valence-corrected chi connectivity index (χ3v) is 3.44. The summed E-state index contributed by atoms with van der Waals surface area (Å²) in [6.07, 6.45) is 4.32. The van der Waals surface area contributed by atoms with Crippen molar-refractivity contribution in [2.75, 3.05) is 0 Å². The SMILES string of the molecule is CC1=C(C)C(=N)C2=Cc3ccccc3C2=C1. The van der Waals surface area contributed by atoms with Gasteiger partial charge in [0.25, 0.3) is 0 Å². The van der Waals surface area contributed by atoms with Gasteiger partial charge in [-0.3, -0.25) is 5.41 Å². The molecule has 0 radical (unpaired) electrons. The van der Waals surface area contributed by atoms with Crippen LogP contribution in [0.1, 0.15) is 25.0 Å². The molecule has 0 heterocycles. The number of rotatable bonds is 0. The number of hydrogen-bond donors (Lipinski definition) is 1. The first kappa shape index (κ1) is 9.34. The lowest BCUT2D eigenvalue weighted by atomic mass is 9.87. The fourth-order valence-electron chi connectivity index (χ4n) is 2.33. The molecular formula is C15H13N. The Balaban J connectivity index is 2.28. The zero-order chi connectivity index (χ0) is 11.3. The molecule has 3 rings (SSSR count). The lowest BCUT2D eigenvalue weighted by Crippen LogP contribution is -2.08. The fraction of sp³-hybridized carbons (Fsp3) is 0.133. The van der Waals surface area contributed by atoms with Crippen molar-refractivity contribution in [1.29, 1.82) is 5.41 Å². The van der Waals surface area contributed by atoms with Crippen molar-refractivity contribution < 1.29 is 0 Å². The average Bonchev–Trinajstić information content (AvgIpc) is 2.65. The summed E-state index contributed by atoms with van der Waals surface area (Å²) in [6.45, 7) is 4.10. The molecule has 0 saturated carbocycles. The minimum Gasteiger partial charge on any atom is -0.300 e. The molecule has 2 aliphatic rings. The summed E-state index contributed by atoms with van der Waals surface area (Å²) in [5, 5.41) is 8.16. The first-order valence-electron chi connectivity index (χ1n) is 5.48. The number of allylic oxidation sites excluding steroid dienone is 5. The zero-order valence-corrected chi connectivity index (χ0v) is 9.46.